The zero-order valence-electron chi connectivity index (χ0n) is 16.2. The van der Waals surface area contributed by atoms with E-state index in [-0.39, 0.29) is 11.3 Å². The second-order valence-corrected chi connectivity index (χ2v) is 8.75. The van der Waals surface area contributed by atoms with Crippen LogP contribution in [0, 0.1) is 0 Å². The third-order valence-electron chi connectivity index (χ3n) is 5.70. The Hall–Kier alpha value is -1.55. The van der Waals surface area contributed by atoms with Crippen LogP contribution < -0.4 is 10.1 Å². The van der Waals surface area contributed by atoms with Crippen LogP contribution in [0.15, 0.2) is 24.3 Å². The van der Waals surface area contributed by atoms with Gasteiger partial charge in [-0.1, -0.05) is 32.9 Å². The molecule has 0 aromatic heterocycles. The van der Waals surface area contributed by atoms with Crippen molar-refractivity contribution in [3.63, 3.8) is 0 Å². The van der Waals surface area contributed by atoms with Crippen LogP contribution in [0.3, 0.4) is 0 Å². The van der Waals surface area contributed by atoms with Crippen molar-refractivity contribution < 1.29 is 9.53 Å². The molecule has 0 aliphatic carbocycles. The van der Waals surface area contributed by atoms with Gasteiger partial charge in [0.1, 0.15) is 5.75 Å². The number of ether oxygens (including phenoxy) is 1. The number of nitrogens with one attached hydrogen (secondary N) is 1. The van der Waals surface area contributed by atoms with Gasteiger partial charge in [0, 0.05) is 25.2 Å². The zero-order valence-corrected chi connectivity index (χ0v) is 16.2. The summed E-state index contributed by atoms with van der Waals surface area (Å²) >= 11 is 0. The molecule has 2 fully saturated rings. The monoisotopic (exact) mass is 344 g/mol. The van der Waals surface area contributed by atoms with E-state index in [1.807, 2.05) is 31.0 Å². The normalized spacial score (nSPS) is 27.0. The number of benzene rings is 1. The number of amides is 1. The molecule has 2 bridgehead atoms. The highest BCUT2D eigenvalue weighted by atomic mass is 16.5. The van der Waals surface area contributed by atoms with Gasteiger partial charge in [0.2, 0.25) is 0 Å². The molecular weight excluding hydrogens is 312 g/mol. The molecule has 4 nitrogen and oxygen atoms in total. The summed E-state index contributed by atoms with van der Waals surface area (Å²) in [5, 5.41) is 3.63. The standard InChI is InChI=1S/C21H32N2O2/c1-14(25-19-8-6-7-15(11-19)21(2,3)4)20(24)23(5)18-12-16-9-10-17(13-18)22-16/h6-8,11,14,16-18,22H,9-10,12-13H2,1-5H3. The number of fused-ring (bicyclic) bond motifs is 2. The zero-order chi connectivity index (χ0) is 18.2. The Morgan fingerprint density at radius 3 is 2.48 bits per heavy atom. The highest BCUT2D eigenvalue weighted by Gasteiger charge is 2.37. The first-order valence-corrected chi connectivity index (χ1v) is 9.54. The maximum atomic E-state index is 12.8. The van der Waals surface area contributed by atoms with Gasteiger partial charge >= 0.3 is 0 Å². The first-order valence-electron chi connectivity index (χ1n) is 9.54. The molecule has 3 rings (SSSR count). The van der Waals surface area contributed by atoms with Gasteiger partial charge in [0.25, 0.3) is 5.91 Å². The molecular formula is C21H32N2O2. The minimum Gasteiger partial charge on any atom is -0.481 e. The Balaban J connectivity index is 1.62. The van der Waals surface area contributed by atoms with Gasteiger partial charge in [-0.3, -0.25) is 4.79 Å². The summed E-state index contributed by atoms with van der Waals surface area (Å²) in [6.07, 6.45) is 4.15. The van der Waals surface area contributed by atoms with E-state index >= 15 is 0 Å². The average molecular weight is 344 g/mol. The third-order valence-corrected chi connectivity index (χ3v) is 5.70. The highest BCUT2D eigenvalue weighted by Crippen LogP contribution is 2.30. The van der Waals surface area contributed by atoms with Crippen LogP contribution in [0.5, 0.6) is 5.75 Å². The average Bonchev–Trinajstić information content (AvgIpc) is 2.91. The van der Waals surface area contributed by atoms with E-state index in [0.29, 0.717) is 18.1 Å². The minimum atomic E-state index is -0.465. The fraction of sp³-hybridized carbons (Fsp3) is 0.667. The van der Waals surface area contributed by atoms with Crippen molar-refractivity contribution in [3.8, 4) is 5.75 Å². The van der Waals surface area contributed by atoms with Crippen molar-refractivity contribution in [1.82, 2.24) is 10.2 Å². The number of hydrogen-bond acceptors (Lipinski definition) is 3. The molecule has 138 valence electrons. The van der Waals surface area contributed by atoms with Crippen molar-refractivity contribution in [1.29, 1.82) is 0 Å². The summed E-state index contributed by atoms with van der Waals surface area (Å²) in [4.78, 5) is 14.8. The van der Waals surface area contributed by atoms with Crippen LogP contribution in [0.25, 0.3) is 0 Å². The Morgan fingerprint density at radius 2 is 1.88 bits per heavy atom. The number of carbonyl (C=O) groups excluding carboxylic acids is 1. The quantitative estimate of drug-likeness (QED) is 0.909. The van der Waals surface area contributed by atoms with Gasteiger partial charge in [-0.05, 0) is 55.7 Å². The lowest BCUT2D eigenvalue weighted by Gasteiger charge is -2.36. The Bertz CT molecular complexity index is 611. The second-order valence-electron chi connectivity index (χ2n) is 8.75. The number of piperidine rings is 1. The fourth-order valence-electron chi connectivity index (χ4n) is 4.10. The predicted molar refractivity (Wildman–Crippen MR) is 101 cm³/mol. The molecule has 3 unspecified atom stereocenters. The number of likely N-dealkylation sites (N-methyl/N-ethyl adjacent to an activating group) is 1. The SMILES string of the molecule is CC(Oc1cccc(C(C)(C)C)c1)C(=O)N(C)C1CC2CCC(C1)N2. The molecule has 0 radical (unpaired) electrons. The van der Waals surface area contributed by atoms with Crippen LogP contribution in [0.4, 0.5) is 0 Å². The second kappa shape index (κ2) is 6.99. The number of hydrogen-bond donors (Lipinski definition) is 1. The van der Waals surface area contributed by atoms with Crippen molar-refractivity contribution in [2.75, 3.05) is 7.05 Å². The maximum absolute atomic E-state index is 12.8. The lowest BCUT2D eigenvalue weighted by molar-refractivity contribution is -0.139. The molecule has 1 amide bonds. The number of nitrogens with zero attached hydrogens (tertiary/aromatic N) is 1. The molecule has 2 heterocycles. The van der Waals surface area contributed by atoms with Gasteiger partial charge in [-0.2, -0.15) is 0 Å². The molecule has 1 aromatic carbocycles. The molecule has 0 spiro atoms. The van der Waals surface area contributed by atoms with E-state index in [1.54, 1.807) is 0 Å². The molecule has 4 heteroatoms. The largest absolute Gasteiger partial charge is 0.481 e. The highest BCUT2D eigenvalue weighted by molar-refractivity contribution is 5.81. The Morgan fingerprint density at radius 1 is 1.24 bits per heavy atom. The van der Waals surface area contributed by atoms with E-state index in [2.05, 4.69) is 38.2 Å². The molecule has 0 saturated carbocycles. The van der Waals surface area contributed by atoms with Gasteiger partial charge in [-0.25, -0.2) is 0 Å². The summed E-state index contributed by atoms with van der Waals surface area (Å²) in [5.41, 5.74) is 1.28. The van der Waals surface area contributed by atoms with Gasteiger partial charge in [-0.15, -0.1) is 0 Å². The van der Waals surface area contributed by atoms with Crippen molar-refractivity contribution >= 4 is 5.91 Å². The molecule has 2 aliphatic heterocycles. The summed E-state index contributed by atoms with van der Waals surface area (Å²) in [6.45, 7) is 8.40. The topological polar surface area (TPSA) is 41.6 Å². The van der Waals surface area contributed by atoms with Gasteiger partial charge in [0.15, 0.2) is 6.10 Å². The molecule has 2 aliphatic rings. The third kappa shape index (κ3) is 4.17. The van der Waals surface area contributed by atoms with E-state index in [1.165, 1.54) is 18.4 Å². The lowest BCUT2D eigenvalue weighted by atomic mass is 9.87. The van der Waals surface area contributed by atoms with Crippen LogP contribution in [-0.2, 0) is 10.2 Å². The predicted octanol–water partition coefficient (Wildman–Crippen LogP) is 3.49. The summed E-state index contributed by atoms with van der Waals surface area (Å²) in [6, 6.07) is 9.59. The fourth-order valence-corrected chi connectivity index (χ4v) is 4.10. The summed E-state index contributed by atoms with van der Waals surface area (Å²) in [7, 11) is 1.93. The van der Waals surface area contributed by atoms with Crippen LogP contribution in [-0.4, -0.2) is 42.1 Å². The summed E-state index contributed by atoms with van der Waals surface area (Å²) < 4.78 is 5.99. The number of carbonyl (C=O) groups is 1. The molecule has 1 aromatic rings. The first kappa shape index (κ1) is 18.2. The van der Waals surface area contributed by atoms with Crippen molar-refractivity contribution in [3.05, 3.63) is 29.8 Å². The smallest absolute Gasteiger partial charge is 0.263 e. The first-order chi connectivity index (χ1) is 11.7. The molecule has 3 atom stereocenters. The lowest BCUT2D eigenvalue weighted by Crippen LogP contribution is -2.51. The molecule has 2 saturated heterocycles. The van der Waals surface area contributed by atoms with Crippen LogP contribution >= 0.6 is 0 Å². The van der Waals surface area contributed by atoms with E-state index in [4.69, 9.17) is 4.74 Å². The molecule has 1 N–H and O–H groups in total. The Kier molecular flexibility index (Phi) is 5.10. The number of rotatable bonds is 4. The van der Waals surface area contributed by atoms with Crippen molar-refractivity contribution in [2.24, 2.45) is 0 Å². The van der Waals surface area contributed by atoms with E-state index in [0.717, 1.165) is 18.6 Å². The van der Waals surface area contributed by atoms with Crippen LogP contribution in [0.2, 0.25) is 0 Å². The van der Waals surface area contributed by atoms with Gasteiger partial charge < -0.3 is 15.0 Å². The minimum absolute atomic E-state index is 0.0672. The van der Waals surface area contributed by atoms with E-state index in [9.17, 15) is 4.79 Å². The van der Waals surface area contributed by atoms with Crippen molar-refractivity contribution in [2.45, 2.75) is 83.0 Å². The Labute approximate surface area is 151 Å². The summed E-state index contributed by atoms with van der Waals surface area (Å²) in [5.74, 6) is 0.847. The van der Waals surface area contributed by atoms with Gasteiger partial charge in [0.05, 0.1) is 0 Å². The maximum Gasteiger partial charge on any atom is 0.263 e. The van der Waals surface area contributed by atoms with Crippen LogP contribution in [0.1, 0.15) is 58.9 Å². The van der Waals surface area contributed by atoms with E-state index < -0.39 is 6.10 Å². The molecule has 25 heavy (non-hydrogen) atoms.